The Morgan fingerprint density at radius 1 is 0.274 bits per heavy atom. The first-order valence-electron chi connectivity index (χ1n) is 30.7. The van der Waals surface area contributed by atoms with Gasteiger partial charge in [-0.3, -0.25) is 0 Å². The molecule has 0 saturated carbocycles. The van der Waals surface area contributed by atoms with Crippen LogP contribution in [0.2, 0.25) is 0 Å². The lowest BCUT2D eigenvalue weighted by atomic mass is 9.89. The second kappa shape index (κ2) is 26.1. The average Bonchev–Trinajstić information content (AvgIpc) is 2.11. The topological polar surface area (TPSA) is 6.48 Å². The molecular weight excluding hydrogens is 1090 g/mol. The van der Waals surface area contributed by atoms with Crippen molar-refractivity contribution in [3.8, 4) is 41.8 Å². The predicted molar refractivity (Wildman–Crippen MR) is 373 cm³/mol. The van der Waals surface area contributed by atoms with Crippen molar-refractivity contribution in [1.82, 2.24) is 0 Å². The molecule has 0 aliphatic heterocycles. The second-order valence-electron chi connectivity index (χ2n) is 22.5. The highest BCUT2D eigenvalue weighted by atomic mass is 32.1. The molecule has 0 fully saturated rings. The zero-order valence-corrected chi connectivity index (χ0v) is 51.6. The molecule has 0 N–H and O–H groups in total. The predicted octanol–water partition coefficient (Wildman–Crippen LogP) is 26.0. The lowest BCUT2D eigenvalue weighted by Crippen LogP contribution is -2.09. The summed E-state index contributed by atoms with van der Waals surface area (Å²) in [6.07, 6.45) is 18.0. The van der Waals surface area contributed by atoms with Crippen molar-refractivity contribution in [3.05, 3.63) is 240 Å². The summed E-state index contributed by atoms with van der Waals surface area (Å²) in [5.41, 5.74) is 12.1. The minimum atomic E-state index is 1.14. The van der Waals surface area contributed by atoms with E-state index in [0.717, 1.165) is 47.0 Å². The van der Waals surface area contributed by atoms with Crippen LogP contribution in [-0.2, 0) is 12.8 Å². The molecule has 2 nitrogen and oxygen atoms in total. The van der Waals surface area contributed by atoms with E-state index in [2.05, 4.69) is 254 Å². The molecule has 0 atom stereocenters. The van der Waals surface area contributed by atoms with Crippen LogP contribution in [0.15, 0.2) is 231 Å². The van der Waals surface area contributed by atoms with Crippen LogP contribution in [0.4, 0.5) is 34.1 Å². The Labute approximate surface area is 513 Å². The van der Waals surface area contributed by atoms with Crippen molar-refractivity contribution in [2.75, 3.05) is 9.80 Å². The molecule has 0 radical (unpaired) electrons. The summed E-state index contributed by atoms with van der Waals surface area (Å²) in [6, 6.07) is 86.2. The molecule has 9 aromatic carbocycles. The molecule has 4 heterocycles. The first-order chi connectivity index (χ1) is 41.6. The van der Waals surface area contributed by atoms with Gasteiger partial charge >= 0.3 is 0 Å². The Kier molecular flexibility index (Phi) is 17.3. The minimum absolute atomic E-state index is 1.14. The summed E-state index contributed by atoms with van der Waals surface area (Å²) < 4.78 is 2.64. The number of hydrogen-bond acceptors (Lipinski definition) is 6. The second-order valence-corrected chi connectivity index (χ2v) is 27.0. The fraction of sp³-hybridized carbons (Fsp3) is 0.205. The number of para-hydroxylation sites is 4. The molecule has 0 aliphatic rings. The van der Waals surface area contributed by atoms with Crippen molar-refractivity contribution < 1.29 is 0 Å². The van der Waals surface area contributed by atoms with Gasteiger partial charge in [0.1, 0.15) is 0 Å². The number of anilines is 6. The maximum Gasteiger partial charge on any atom is 0.0462 e. The molecule has 6 heteroatoms. The summed E-state index contributed by atoms with van der Waals surface area (Å²) in [7, 11) is 0. The van der Waals surface area contributed by atoms with E-state index in [1.54, 1.807) is 0 Å². The molecule has 13 aromatic rings. The van der Waals surface area contributed by atoms with Gasteiger partial charge < -0.3 is 9.80 Å². The van der Waals surface area contributed by atoms with Crippen molar-refractivity contribution in [2.45, 2.75) is 104 Å². The van der Waals surface area contributed by atoms with Crippen LogP contribution in [0.1, 0.15) is 101 Å². The summed E-state index contributed by atoms with van der Waals surface area (Å²) in [5, 5.41) is 7.98. The summed E-state index contributed by atoms with van der Waals surface area (Å²) in [5.74, 6) is 0. The van der Waals surface area contributed by atoms with Gasteiger partial charge in [0.25, 0.3) is 0 Å². The van der Waals surface area contributed by atoms with E-state index in [-0.39, 0.29) is 0 Å². The van der Waals surface area contributed by atoms with Gasteiger partial charge in [0, 0.05) is 83.9 Å². The molecule has 418 valence electrons. The van der Waals surface area contributed by atoms with Crippen molar-refractivity contribution in [2.24, 2.45) is 0 Å². The molecule has 84 heavy (non-hydrogen) atoms. The van der Waals surface area contributed by atoms with Crippen LogP contribution in [-0.4, -0.2) is 0 Å². The molecule has 13 rings (SSSR count). The highest BCUT2D eigenvalue weighted by Gasteiger charge is 2.23. The third-order valence-electron chi connectivity index (χ3n) is 16.6. The van der Waals surface area contributed by atoms with Crippen LogP contribution < -0.4 is 9.80 Å². The van der Waals surface area contributed by atoms with Gasteiger partial charge in [-0.05, 0) is 203 Å². The van der Waals surface area contributed by atoms with Crippen LogP contribution in [0, 0.1) is 0 Å². The van der Waals surface area contributed by atoms with Crippen molar-refractivity contribution in [3.63, 3.8) is 0 Å². The molecule has 0 bridgehead atoms. The number of benzene rings is 9. The summed E-state index contributed by atoms with van der Waals surface area (Å²) in [4.78, 5) is 13.0. The van der Waals surface area contributed by atoms with Gasteiger partial charge in [0.05, 0.1) is 0 Å². The van der Waals surface area contributed by atoms with Crippen molar-refractivity contribution in [1.29, 1.82) is 0 Å². The first-order valence-corrected chi connectivity index (χ1v) is 33.9. The Hall–Kier alpha value is -7.58. The smallest absolute Gasteiger partial charge is 0.0462 e. The first kappa shape index (κ1) is 55.6. The number of thiophene rings is 4. The third kappa shape index (κ3) is 12.1. The molecule has 0 saturated heterocycles. The number of hydrogen-bond donors (Lipinski definition) is 0. The van der Waals surface area contributed by atoms with Crippen molar-refractivity contribution >= 4 is 121 Å². The summed E-state index contributed by atoms with van der Waals surface area (Å²) >= 11 is 7.89. The van der Waals surface area contributed by atoms with E-state index in [0.29, 0.717) is 0 Å². The Morgan fingerprint density at radius 3 is 0.952 bits per heavy atom. The maximum atomic E-state index is 2.56. The Morgan fingerprint density at radius 2 is 0.595 bits per heavy atom. The highest BCUT2D eigenvalue weighted by molar-refractivity contribution is 7.23. The fourth-order valence-electron chi connectivity index (χ4n) is 12.3. The molecule has 4 aromatic heterocycles. The molecule has 0 unspecified atom stereocenters. The third-order valence-corrected chi connectivity index (χ3v) is 21.3. The largest absolute Gasteiger partial charge is 0.311 e. The van der Waals surface area contributed by atoms with E-state index in [1.165, 1.54) is 170 Å². The highest BCUT2D eigenvalue weighted by Crippen LogP contribution is 2.52. The van der Waals surface area contributed by atoms with Gasteiger partial charge in [-0.1, -0.05) is 175 Å². The van der Waals surface area contributed by atoms with Crippen LogP contribution in [0.5, 0.6) is 0 Å². The van der Waals surface area contributed by atoms with E-state index >= 15 is 0 Å². The number of unbranched alkanes of at least 4 members (excludes halogenated alkanes) is 10. The van der Waals surface area contributed by atoms with Crippen LogP contribution in [0.3, 0.4) is 0 Å². The van der Waals surface area contributed by atoms with E-state index in [9.17, 15) is 0 Å². The standard InChI is InChI=1S/C78H72N2S4/c1-3-5-7-9-11-25-35-65-45-47-71(81-65)77-67-49-57-51-73(55-37-41-63(42-38-55)79(59-27-17-13-18-28-59)60-29-19-14-20-30-60)84-76(57)54-70(67)78(72-48-46-66(82-72)36-26-12-10-8-6-4-2)68-50-58-52-74(83-75(58)53-69(68)77)56-39-43-64(44-40-56)80(61-31-21-15-22-32-61)62-33-23-16-24-34-62/h13-24,27-34,37-54H,3-12,25-26,35-36H2,1-2H3. The van der Waals surface area contributed by atoms with E-state index < -0.39 is 0 Å². The fourth-order valence-corrected chi connectivity index (χ4v) is 16.7. The normalized spacial score (nSPS) is 11.6. The van der Waals surface area contributed by atoms with E-state index in [4.69, 9.17) is 0 Å². The lowest BCUT2D eigenvalue weighted by Gasteiger charge is -2.25. The average molecular weight is 1170 g/mol. The number of aryl methyl sites for hydroxylation is 2. The van der Waals surface area contributed by atoms with Gasteiger partial charge in [-0.25, -0.2) is 0 Å². The van der Waals surface area contributed by atoms with Gasteiger partial charge in [0.2, 0.25) is 0 Å². The van der Waals surface area contributed by atoms with E-state index in [1.807, 2.05) is 45.3 Å². The van der Waals surface area contributed by atoms with Crippen LogP contribution >= 0.6 is 45.3 Å². The zero-order chi connectivity index (χ0) is 56.6. The van der Waals surface area contributed by atoms with Gasteiger partial charge in [0.15, 0.2) is 0 Å². The quantitative estimate of drug-likeness (QED) is 0.0439. The Bertz CT molecular complexity index is 3820. The molecule has 0 amide bonds. The molecule has 0 aliphatic carbocycles. The number of nitrogens with zero attached hydrogens (tertiary/aromatic N) is 2. The van der Waals surface area contributed by atoms with Gasteiger partial charge in [-0.15, -0.1) is 45.3 Å². The number of fused-ring (bicyclic) bond motifs is 4. The molecular formula is C78H72N2S4. The maximum absolute atomic E-state index is 2.56. The monoisotopic (exact) mass is 1160 g/mol. The number of rotatable bonds is 24. The van der Waals surface area contributed by atoms with Crippen LogP contribution in [0.25, 0.3) is 83.5 Å². The SMILES string of the molecule is CCCCCCCCc1ccc(-c2c3cc4cc(-c5ccc(N(c6ccccc6)c6ccccc6)cc5)sc4cc3c(-c3ccc(CCCCCCCC)s3)c3cc4cc(-c5ccc(N(c6ccccc6)c6ccccc6)cc5)sc4cc23)s1. The minimum Gasteiger partial charge on any atom is -0.311 e. The zero-order valence-electron chi connectivity index (χ0n) is 48.4. The molecule has 0 spiro atoms. The summed E-state index contributed by atoms with van der Waals surface area (Å²) in [6.45, 7) is 4.62. The van der Waals surface area contributed by atoms with Gasteiger partial charge in [-0.2, -0.15) is 0 Å². The Balaban J connectivity index is 0.943. The lowest BCUT2D eigenvalue weighted by molar-refractivity contribution is 0.609.